The number of halogens is 6. The molecule has 21 rings (SSSR count). The number of carbonyl (C=O) groups is 8. The molecule has 0 spiro atoms. The van der Waals surface area contributed by atoms with Crippen molar-refractivity contribution in [1.82, 2.24) is 44.3 Å². The number of carboxylic acids is 1. The zero-order chi connectivity index (χ0) is 99.8. The van der Waals surface area contributed by atoms with Crippen LogP contribution in [-0.2, 0) is 45.4 Å². The van der Waals surface area contributed by atoms with Crippen molar-refractivity contribution in [1.29, 1.82) is 0 Å². The molecule has 4 N–H and O–H groups in total. The lowest BCUT2D eigenvalue weighted by Gasteiger charge is -2.29. The van der Waals surface area contributed by atoms with E-state index in [1.54, 1.807) is 52.3 Å². The smallest absolute Gasteiger partial charge is 0.331 e. The number of ketones is 3. The van der Waals surface area contributed by atoms with Gasteiger partial charge in [-0.2, -0.15) is 0 Å². The number of imidazole rings is 1. The number of nitrogens with two attached hydrogens (primary N) is 1. The van der Waals surface area contributed by atoms with E-state index < -0.39 is 53.6 Å². The van der Waals surface area contributed by atoms with E-state index in [1.807, 2.05) is 84.9 Å². The van der Waals surface area contributed by atoms with Crippen molar-refractivity contribution < 1.29 is 65.4 Å². The molecule has 142 heavy (non-hydrogen) atoms. The van der Waals surface area contributed by atoms with Gasteiger partial charge in [0.2, 0.25) is 0 Å². The first-order valence-electron chi connectivity index (χ1n) is 47.9. The number of rotatable bonds is 20. The molecule has 5 atom stereocenters. The van der Waals surface area contributed by atoms with E-state index in [2.05, 4.69) is 142 Å². The number of aliphatic carboxylic acids is 1. The summed E-state index contributed by atoms with van der Waals surface area (Å²) in [6.45, 7) is 12.3. The zero-order valence-corrected chi connectivity index (χ0v) is 81.4. The number of carboxylic acid groups (broad SMARTS) is 1. The molecule has 7 aliphatic rings. The van der Waals surface area contributed by atoms with Gasteiger partial charge in [0.15, 0.2) is 23.4 Å². The fourth-order valence-corrected chi connectivity index (χ4v) is 20.8. The maximum absolute atomic E-state index is 14.4. The van der Waals surface area contributed by atoms with Gasteiger partial charge in [0.25, 0.3) is 23.6 Å². The summed E-state index contributed by atoms with van der Waals surface area (Å²) < 4.78 is 68.8. The van der Waals surface area contributed by atoms with Crippen LogP contribution in [0, 0.1) is 29.1 Å². The number of fused-ring (bicyclic) bond motifs is 5. The van der Waals surface area contributed by atoms with Crippen LogP contribution in [0.2, 0.25) is 0 Å². The number of hydrogen-bond acceptors (Lipinski definition) is 13. The molecule has 3 fully saturated rings. The molecule has 8 heterocycles. The molecule has 4 amide bonds. The molecule has 5 unspecified atom stereocenters. The molecular formula is C117H110BrF5N10O9. The van der Waals surface area contributed by atoms with Gasteiger partial charge in [-0.1, -0.05) is 204 Å². The first-order valence-corrected chi connectivity index (χ1v) is 48.7. The third kappa shape index (κ3) is 22.5. The maximum Gasteiger partial charge on any atom is 0.331 e. The van der Waals surface area contributed by atoms with Gasteiger partial charge in [0.1, 0.15) is 53.0 Å². The lowest BCUT2D eigenvalue weighted by atomic mass is 9.88. The highest BCUT2D eigenvalue weighted by molar-refractivity contribution is 9.10. The predicted octanol–water partition coefficient (Wildman–Crippen LogP) is 22.9. The second kappa shape index (κ2) is 43.8. The number of likely N-dealkylation sites (tertiary alicyclic amines) is 3. The molecule has 0 aliphatic carbocycles. The third-order valence-electron chi connectivity index (χ3n) is 28.3. The van der Waals surface area contributed by atoms with E-state index in [4.69, 9.17) is 10.7 Å². The summed E-state index contributed by atoms with van der Waals surface area (Å²) in [5.41, 5.74) is 25.7. The quantitative estimate of drug-likeness (QED) is 0.0602. The third-order valence-corrected chi connectivity index (χ3v) is 28.7. The van der Waals surface area contributed by atoms with Crippen LogP contribution >= 0.6 is 15.9 Å². The van der Waals surface area contributed by atoms with Crippen molar-refractivity contribution in [3.05, 3.63) is 420 Å². The Kier molecular flexibility index (Phi) is 30.6. The maximum atomic E-state index is 14.4. The summed E-state index contributed by atoms with van der Waals surface area (Å²) in [5.74, 6) is -2.21. The zero-order valence-electron chi connectivity index (χ0n) is 79.8. The van der Waals surface area contributed by atoms with Gasteiger partial charge in [-0.05, 0) is 341 Å². The highest BCUT2D eigenvalue weighted by atomic mass is 79.9. The van der Waals surface area contributed by atoms with Gasteiger partial charge in [0, 0.05) is 52.9 Å². The minimum absolute atomic E-state index is 0.0745. The Hall–Kier alpha value is -14.3. The van der Waals surface area contributed by atoms with Crippen molar-refractivity contribution >= 4 is 73.9 Å². The molecule has 0 saturated carbocycles. The van der Waals surface area contributed by atoms with Crippen LogP contribution in [0.3, 0.4) is 0 Å². The van der Waals surface area contributed by atoms with Crippen LogP contribution in [0.4, 0.5) is 22.0 Å². The molecule has 3 saturated heterocycles. The average molecular weight is 1980 g/mol. The molecule has 25 heteroatoms. The molecular weight excluding hydrogens is 1860 g/mol. The fourth-order valence-electron chi connectivity index (χ4n) is 20.5. The van der Waals surface area contributed by atoms with Crippen molar-refractivity contribution in [2.45, 2.75) is 133 Å². The van der Waals surface area contributed by atoms with Gasteiger partial charge in [0.05, 0.1) is 17.1 Å². The topological polar surface area (TPSA) is 234 Å². The number of para-hydroxylation sites is 2. The van der Waals surface area contributed by atoms with Gasteiger partial charge < -0.3 is 50.1 Å². The Morgan fingerprint density at radius 2 is 0.655 bits per heavy atom. The monoisotopic (exact) mass is 1970 g/mol. The molecule has 0 radical (unpaired) electrons. The van der Waals surface area contributed by atoms with Crippen molar-refractivity contribution in [2.24, 2.45) is 5.73 Å². The van der Waals surface area contributed by atoms with E-state index in [9.17, 15) is 65.4 Å². The number of carbonyl (C=O) groups excluding carboxylic acids is 7. The number of Topliss-reactive ketones (excluding diaryl/α,β-unsaturated/α-hetero) is 3. The summed E-state index contributed by atoms with van der Waals surface area (Å²) >= 11 is 3.35. The largest absolute Gasteiger partial charge is 0.479 e. The Morgan fingerprint density at radius 3 is 1.01 bits per heavy atom. The van der Waals surface area contributed by atoms with Crippen LogP contribution in [0.1, 0.15) is 221 Å². The number of H-pyrrole nitrogens is 1. The number of nitrogens with zero attached hydrogens (tertiary/aromatic N) is 8. The average Bonchev–Trinajstić information content (AvgIpc) is 1.61. The Morgan fingerprint density at radius 1 is 0.352 bits per heavy atom. The summed E-state index contributed by atoms with van der Waals surface area (Å²) in [5, 5.41) is 9.84. The summed E-state index contributed by atoms with van der Waals surface area (Å²) in [7, 11) is 6.52. The number of benzene rings is 13. The fraction of sp³-hybridized carbons (Fsp3) is 0.256. The lowest BCUT2D eigenvalue weighted by molar-refractivity contribution is -0.142. The minimum atomic E-state index is -1.24. The van der Waals surface area contributed by atoms with Crippen LogP contribution in [0.25, 0.3) is 44.4 Å². The molecule has 724 valence electrons. The van der Waals surface area contributed by atoms with Gasteiger partial charge >= 0.3 is 5.97 Å². The normalized spacial score (nSPS) is 16.6. The number of hydrogen-bond donors (Lipinski definition) is 3. The van der Waals surface area contributed by atoms with E-state index in [-0.39, 0.29) is 64.7 Å². The van der Waals surface area contributed by atoms with E-state index >= 15 is 0 Å². The second-order valence-corrected chi connectivity index (χ2v) is 38.8. The number of aromatic amines is 1. The number of nitrogens with one attached hydrogen (secondary N) is 1. The van der Waals surface area contributed by atoms with E-state index in [0.29, 0.717) is 87.7 Å². The molecule has 1 aromatic heterocycles. The predicted molar refractivity (Wildman–Crippen MR) is 542 cm³/mol. The van der Waals surface area contributed by atoms with Crippen molar-refractivity contribution in [3.63, 3.8) is 0 Å². The lowest BCUT2D eigenvalue weighted by Crippen LogP contribution is -2.34. The standard InChI is InChI=1S/C34H31FN4O.C29H29FN2O2.C28H27FN2O3.C17H13BrFNO2.C9H10FNO/c1-38-17-15-24(16-18-38)22-9-11-23(12-10-22)25-13-14-27-21-39(34(40)29(27)20-25)32(26-5-4-6-28(35)19-26)33-36-30-7-2-3-8-31(30)37-33;1-19(33)28(24-4-3-5-26(30)16-24)32-18-25-11-10-23(17-27(25)29(32)34)21-8-6-20(7-9-21)22-12-14-31(2)15-13-22;1-30-13-11-20(12-14-30)18-5-7-19(8-6-18)21-9-10-23-17-31(27(32)25(23)16-21)26(28(33)34)22-3-2-4-24(29)15-22;1-10(21)16(11-3-2-4-14(19)7-11)20-9-12-5-6-13(18)8-15(12)17(20)22;1-6(12)9(11)7-3-2-4-8(10)5-7/h2-14,19-20,24,32H,15-18,21H2,1H3,(H,36,37);3-11,16-17,22,28H,12-15,18H2,1-2H3;2-10,15-16,20,26H,11-14,17H2,1H3,(H,33,34);2-8,16H,9H2,1H3;2-5,9H,11H2,1H3. The number of aromatic nitrogens is 2. The molecule has 19 nitrogen and oxygen atoms in total. The summed E-state index contributed by atoms with van der Waals surface area (Å²) in [4.78, 5) is 122. The Bertz CT molecular complexity index is 6850. The highest BCUT2D eigenvalue weighted by Crippen LogP contribution is 2.44. The molecule has 14 aromatic rings. The van der Waals surface area contributed by atoms with E-state index in [0.717, 1.165) is 123 Å². The SMILES string of the molecule is CC(=O)C(N)c1cccc(F)c1.CC(=O)C(c1cccc(F)c1)N1Cc2ccc(-c3ccc(C4CCN(C)CC4)cc3)cc2C1=O.CC(=O)C(c1cccc(F)c1)N1Cc2ccc(Br)cc2C1=O.CN1CCC(c2ccc(-c3ccc4c(c3)C(=O)N(C(C(=O)O)c3cccc(F)c3)C4)cc2)CC1.CN1CCC(c2ccc(-c3ccc4c(c3)C(=O)N(C(c3cccc(F)c3)c3nc5ccccc5[nH]3)C4)cc2)CC1. The van der Waals surface area contributed by atoms with Gasteiger partial charge in [-0.15, -0.1) is 0 Å². The van der Waals surface area contributed by atoms with Crippen LogP contribution < -0.4 is 5.73 Å². The minimum Gasteiger partial charge on any atom is -0.479 e. The summed E-state index contributed by atoms with van der Waals surface area (Å²) in [6, 6.07) is 82.4. The molecule has 0 bridgehead atoms. The first kappa shape index (κ1) is 99.2. The number of piperidine rings is 3. The summed E-state index contributed by atoms with van der Waals surface area (Å²) in [6.07, 6.45) is 7.07. The Labute approximate surface area is 831 Å². The van der Waals surface area contributed by atoms with Crippen LogP contribution in [0.5, 0.6) is 0 Å². The van der Waals surface area contributed by atoms with Crippen molar-refractivity contribution in [2.75, 3.05) is 60.4 Å². The molecule has 7 aliphatic heterocycles. The van der Waals surface area contributed by atoms with Gasteiger partial charge in [-0.25, -0.2) is 31.7 Å². The Balaban J connectivity index is 0.000000127. The number of amides is 4. The van der Waals surface area contributed by atoms with Gasteiger partial charge in [-0.3, -0.25) is 33.6 Å². The van der Waals surface area contributed by atoms with Crippen LogP contribution in [-0.4, -0.2) is 157 Å². The van der Waals surface area contributed by atoms with E-state index in [1.165, 1.54) is 152 Å². The highest BCUT2D eigenvalue weighted by Gasteiger charge is 2.42. The first-order chi connectivity index (χ1) is 68.4. The van der Waals surface area contributed by atoms with Crippen molar-refractivity contribution in [3.8, 4) is 33.4 Å². The molecule has 13 aromatic carbocycles. The second-order valence-electron chi connectivity index (χ2n) is 37.9. The van der Waals surface area contributed by atoms with Crippen LogP contribution in [0.15, 0.2) is 296 Å².